The Morgan fingerprint density at radius 2 is 1.97 bits per heavy atom. The molecule has 0 aliphatic carbocycles. The van der Waals surface area contributed by atoms with Gasteiger partial charge in [0, 0.05) is 11.3 Å². The Balaban J connectivity index is 1.74. The fourth-order valence-corrected chi connectivity index (χ4v) is 5.96. The van der Waals surface area contributed by atoms with Crippen LogP contribution < -0.4 is 5.73 Å². The molecule has 0 fully saturated rings. The van der Waals surface area contributed by atoms with Crippen molar-refractivity contribution in [2.75, 3.05) is 6.26 Å². The first-order chi connectivity index (χ1) is 15.1. The van der Waals surface area contributed by atoms with E-state index in [0.717, 1.165) is 27.2 Å². The molecule has 2 heterocycles. The minimum Gasteiger partial charge on any atom is -0.365 e. The molecule has 4 aromatic rings. The number of amides is 1. The summed E-state index contributed by atoms with van der Waals surface area (Å²) in [4.78, 5) is 17.1. The minimum absolute atomic E-state index is 0.0499. The highest BCUT2D eigenvalue weighted by Gasteiger charge is 2.20. The Bertz CT molecular complexity index is 1420. The van der Waals surface area contributed by atoms with Crippen LogP contribution >= 0.6 is 22.9 Å². The average Bonchev–Trinajstić information content (AvgIpc) is 3.30. The molecule has 1 atom stereocenters. The van der Waals surface area contributed by atoms with E-state index in [1.54, 1.807) is 18.5 Å². The lowest BCUT2D eigenvalue weighted by atomic mass is 9.94. The van der Waals surface area contributed by atoms with Gasteiger partial charge in [-0.3, -0.25) is 9.36 Å². The molecule has 9 heteroatoms. The Morgan fingerprint density at radius 3 is 2.66 bits per heavy atom. The Morgan fingerprint density at radius 1 is 1.22 bits per heavy atom. The van der Waals surface area contributed by atoms with Crippen molar-refractivity contribution in [1.29, 1.82) is 0 Å². The van der Waals surface area contributed by atoms with Gasteiger partial charge in [0.05, 0.1) is 21.7 Å². The maximum Gasteiger partial charge on any atom is 0.259 e. The summed E-state index contributed by atoms with van der Waals surface area (Å²) in [6.07, 6.45) is 3.48. The van der Waals surface area contributed by atoms with Crippen LogP contribution in [0.1, 0.15) is 39.2 Å². The quantitative estimate of drug-likeness (QED) is 0.407. The van der Waals surface area contributed by atoms with Crippen molar-refractivity contribution in [3.63, 3.8) is 0 Å². The van der Waals surface area contributed by atoms with Crippen LogP contribution in [-0.2, 0) is 22.0 Å². The molecule has 4 rings (SSSR count). The second kappa shape index (κ2) is 8.69. The number of hydrogen-bond donors (Lipinski definition) is 1. The zero-order chi connectivity index (χ0) is 23.0. The van der Waals surface area contributed by atoms with Crippen LogP contribution in [0, 0.1) is 0 Å². The van der Waals surface area contributed by atoms with E-state index in [9.17, 15) is 13.2 Å². The van der Waals surface area contributed by atoms with E-state index in [1.807, 2.05) is 41.0 Å². The van der Waals surface area contributed by atoms with Crippen molar-refractivity contribution in [3.05, 3.63) is 81.4 Å². The highest BCUT2D eigenvalue weighted by molar-refractivity contribution is 7.89. The Hall–Kier alpha value is -2.68. The van der Waals surface area contributed by atoms with Gasteiger partial charge in [0.15, 0.2) is 9.84 Å². The third-order valence-electron chi connectivity index (χ3n) is 5.26. The van der Waals surface area contributed by atoms with Crippen molar-refractivity contribution < 1.29 is 13.2 Å². The molecule has 0 saturated heterocycles. The predicted octanol–water partition coefficient (Wildman–Crippen LogP) is 4.73. The number of nitrogens with two attached hydrogens (primary N) is 1. The molecular formula is C23H22ClN3O3S2. The number of carbonyl (C=O) groups is 1. The summed E-state index contributed by atoms with van der Waals surface area (Å²) in [7, 11) is -3.16. The lowest BCUT2D eigenvalue weighted by molar-refractivity contribution is 0.100. The van der Waals surface area contributed by atoms with Gasteiger partial charge in [-0.1, -0.05) is 42.8 Å². The van der Waals surface area contributed by atoms with Crippen LogP contribution in [0.5, 0.6) is 0 Å². The monoisotopic (exact) mass is 487 g/mol. The topological polar surface area (TPSA) is 95.1 Å². The van der Waals surface area contributed by atoms with Gasteiger partial charge in [-0.25, -0.2) is 13.4 Å². The van der Waals surface area contributed by atoms with E-state index in [4.69, 9.17) is 17.3 Å². The fraction of sp³-hybridized carbons (Fsp3) is 0.217. The van der Waals surface area contributed by atoms with E-state index in [1.165, 1.54) is 17.6 Å². The fourth-order valence-electron chi connectivity index (χ4n) is 3.83. The molecule has 2 aromatic carbocycles. The molecule has 2 N–H and O–H groups in total. The molecule has 6 nitrogen and oxygen atoms in total. The van der Waals surface area contributed by atoms with Gasteiger partial charge < -0.3 is 5.73 Å². The van der Waals surface area contributed by atoms with E-state index in [0.29, 0.717) is 21.9 Å². The smallest absolute Gasteiger partial charge is 0.259 e. The third kappa shape index (κ3) is 4.72. The molecule has 1 unspecified atom stereocenters. The zero-order valence-electron chi connectivity index (χ0n) is 17.6. The van der Waals surface area contributed by atoms with Gasteiger partial charge in [-0.15, -0.1) is 11.3 Å². The van der Waals surface area contributed by atoms with E-state index in [-0.39, 0.29) is 11.7 Å². The van der Waals surface area contributed by atoms with Gasteiger partial charge in [0.2, 0.25) is 0 Å². The molecule has 0 spiro atoms. The van der Waals surface area contributed by atoms with Crippen molar-refractivity contribution >= 4 is 49.7 Å². The molecule has 0 saturated carbocycles. The number of sulfone groups is 1. The number of benzene rings is 2. The first-order valence-electron chi connectivity index (χ1n) is 9.93. The number of halogens is 1. The van der Waals surface area contributed by atoms with E-state index >= 15 is 0 Å². The van der Waals surface area contributed by atoms with Gasteiger partial charge in [0.25, 0.3) is 5.91 Å². The van der Waals surface area contributed by atoms with E-state index < -0.39 is 15.7 Å². The third-order valence-corrected chi connectivity index (χ3v) is 7.65. The number of aromatic nitrogens is 2. The first-order valence-corrected chi connectivity index (χ1v) is 13.2. The largest absolute Gasteiger partial charge is 0.365 e. The summed E-state index contributed by atoms with van der Waals surface area (Å²) < 4.78 is 25.3. The molecule has 0 aliphatic rings. The average molecular weight is 488 g/mol. The predicted molar refractivity (Wildman–Crippen MR) is 130 cm³/mol. The summed E-state index contributed by atoms with van der Waals surface area (Å²) >= 11 is 7.65. The highest BCUT2D eigenvalue weighted by atomic mass is 35.5. The van der Waals surface area contributed by atoms with Crippen LogP contribution in [0.3, 0.4) is 0 Å². The van der Waals surface area contributed by atoms with Crippen LogP contribution in [0.2, 0.25) is 5.02 Å². The Kier molecular flexibility index (Phi) is 6.11. The van der Waals surface area contributed by atoms with Crippen molar-refractivity contribution in [2.45, 2.75) is 25.0 Å². The molecule has 0 aliphatic heterocycles. The number of rotatable bonds is 7. The summed E-state index contributed by atoms with van der Waals surface area (Å²) in [5.74, 6) is -0.443. The van der Waals surface area contributed by atoms with Gasteiger partial charge in [-0.05, 0) is 53.3 Å². The standard InChI is InChI=1S/C23H22ClN3O3S2/c1-14(17-5-3-4-6-18(17)24)9-16-11-21(31-22(16)23(25)28)27-13-26-19-8-7-15(10-20(19)27)12-32(2,29)30/h3-8,10-11,13-14H,9,12H2,1-2H3,(H2,25,28). The highest BCUT2D eigenvalue weighted by Crippen LogP contribution is 2.33. The number of hydrogen-bond acceptors (Lipinski definition) is 5. The van der Waals surface area contributed by atoms with Crippen LogP contribution in [-0.4, -0.2) is 30.1 Å². The molecule has 32 heavy (non-hydrogen) atoms. The van der Waals surface area contributed by atoms with Crippen LogP contribution in [0.15, 0.2) is 54.9 Å². The Labute approximate surface area is 195 Å². The normalized spacial score (nSPS) is 12.8. The van der Waals surface area contributed by atoms with Gasteiger partial charge in [-0.2, -0.15) is 0 Å². The maximum atomic E-state index is 12.2. The summed E-state index contributed by atoms with van der Waals surface area (Å²) in [5, 5.41) is 1.48. The molecule has 1 amide bonds. The van der Waals surface area contributed by atoms with Crippen molar-refractivity contribution in [3.8, 4) is 5.00 Å². The second-order valence-corrected chi connectivity index (χ2v) is 11.5. The number of nitrogens with zero attached hydrogens (tertiary/aromatic N) is 2. The number of thiophene rings is 1. The second-order valence-electron chi connectivity index (χ2n) is 7.94. The number of imidazole rings is 1. The van der Waals surface area contributed by atoms with Crippen LogP contribution in [0.4, 0.5) is 0 Å². The lowest BCUT2D eigenvalue weighted by Gasteiger charge is -2.13. The lowest BCUT2D eigenvalue weighted by Crippen LogP contribution is -2.12. The maximum absolute atomic E-state index is 12.2. The SMILES string of the molecule is CC(Cc1cc(-n2cnc3ccc(CS(C)(=O)=O)cc32)sc1C(N)=O)c1ccccc1Cl. The molecule has 0 radical (unpaired) electrons. The summed E-state index contributed by atoms with van der Waals surface area (Å²) in [6, 6.07) is 15.0. The number of primary amides is 1. The number of carbonyl (C=O) groups excluding carboxylic acids is 1. The van der Waals surface area contributed by atoms with Crippen molar-refractivity contribution in [2.24, 2.45) is 5.73 Å². The summed E-state index contributed by atoms with van der Waals surface area (Å²) in [6.45, 7) is 2.06. The summed E-state index contributed by atoms with van der Waals surface area (Å²) in [5.41, 5.74) is 9.73. The van der Waals surface area contributed by atoms with Gasteiger partial charge in [0.1, 0.15) is 11.3 Å². The van der Waals surface area contributed by atoms with Crippen LogP contribution in [0.25, 0.3) is 16.0 Å². The molecular weight excluding hydrogens is 466 g/mol. The van der Waals surface area contributed by atoms with Crippen molar-refractivity contribution in [1.82, 2.24) is 9.55 Å². The van der Waals surface area contributed by atoms with Gasteiger partial charge >= 0.3 is 0 Å². The zero-order valence-corrected chi connectivity index (χ0v) is 20.0. The minimum atomic E-state index is -3.16. The van der Waals surface area contributed by atoms with E-state index in [2.05, 4.69) is 11.9 Å². The number of fused-ring (bicyclic) bond motifs is 1. The molecule has 2 aromatic heterocycles. The molecule has 0 bridgehead atoms. The first kappa shape index (κ1) is 22.5. The molecule has 166 valence electrons.